The second kappa shape index (κ2) is 37.4. The molecule has 0 aliphatic carbocycles. The molecule has 0 N–H and O–H groups in total. The molecule has 0 unspecified atom stereocenters. The fraction of sp³-hybridized carbons (Fsp3) is 0.952. The van der Waals surface area contributed by atoms with Crippen molar-refractivity contribution in [1.29, 1.82) is 0 Å². The summed E-state index contributed by atoms with van der Waals surface area (Å²) >= 11 is 0. The van der Waals surface area contributed by atoms with Gasteiger partial charge in [-0.05, 0) is 19.3 Å². The van der Waals surface area contributed by atoms with Gasteiger partial charge in [0.2, 0.25) is 0 Å². The van der Waals surface area contributed by atoms with E-state index >= 15 is 0 Å². The average Bonchev–Trinajstić information content (AvgIpc) is 3.08. The minimum Gasteiger partial charge on any atom is -0.464 e. The monoisotopic (exact) mass is 697 g/mol. The molecular weight excluding hydrogens is 613 g/mol. The summed E-state index contributed by atoms with van der Waals surface area (Å²) in [5.74, 6) is -0.538. The molecule has 0 aromatic carbocycles. The Morgan fingerprint density at radius 2 is 0.583 bits per heavy atom. The lowest BCUT2D eigenvalue weighted by molar-refractivity contribution is -0.145. The van der Waals surface area contributed by atoms with Gasteiger partial charge in [0.15, 0.2) is 0 Å². The summed E-state index contributed by atoms with van der Waals surface area (Å²) in [6.07, 6.45) is 42.5. The van der Waals surface area contributed by atoms with Crippen molar-refractivity contribution in [1.82, 2.24) is 0 Å². The van der Waals surface area contributed by atoms with Crippen LogP contribution in [0.15, 0.2) is 0 Å². The van der Waals surface area contributed by atoms with Crippen LogP contribution < -0.4 is 0 Å². The quantitative estimate of drug-likeness (QED) is 0.0473. The minimum absolute atomic E-state index is 0.269. The van der Waals surface area contributed by atoms with E-state index in [0.29, 0.717) is 18.9 Å². The van der Waals surface area contributed by atoms with Crippen molar-refractivity contribution >= 4 is 20.7 Å². The molecule has 0 bridgehead atoms. The van der Waals surface area contributed by atoms with Crippen molar-refractivity contribution in [3.05, 3.63) is 0 Å². The van der Waals surface area contributed by atoms with Gasteiger partial charge in [0, 0.05) is 26.0 Å². The lowest BCUT2D eigenvalue weighted by Crippen LogP contribution is -2.48. The molecule has 286 valence electrons. The predicted octanol–water partition coefficient (Wildman–Crippen LogP) is 14.4. The first-order chi connectivity index (χ1) is 23.5. The minimum atomic E-state index is -3.35. The second-order valence-electron chi connectivity index (χ2n) is 14.7. The highest BCUT2D eigenvalue weighted by Crippen LogP contribution is 2.23. The van der Waals surface area contributed by atoms with Gasteiger partial charge in [-0.1, -0.05) is 213 Å². The van der Waals surface area contributed by atoms with Crippen molar-refractivity contribution in [2.75, 3.05) is 7.11 Å². The maximum absolute atomic E-state index is 12.8. The summed E-state index contributed by atoms with van der Waals surface area (Å²) < 4.78 is 17.5. The van der Waals surface area contributed by atoms with Crippen LogP contribution in [0.2, 0.25) is 6.04 Å². The number of hydrogen-bond acceptors (Lipinski definition) is 5. The zero-order valence-corrected chi connectivity index (χ0v) is 34.0. The van der Waals surface area contributed by atoms with Crippen LogP contribution in [0.4, 0.5) is 0 Å². The molecule has 0 spiro atoms. The van der Waals surface area contributed by atoms with Crippen LogP contribution in [0, 0.1) is 0 Å². The van der Waals surface area contributed by atoms with Gasteiger partial charge in [-0.2, -0.15) is 0 Å². The number of hydrogen-bond donors (Lipinski definition) is 0. The van der Waals surface area contributed by atoms with Gasteiger partial charge in [-0.15, -0.1) is 0 Å². The molecule has 0 rings (SSSR count). The Morgan fingerprint density at radius 1 is 0.354 bits per heavy atom. The molecule has 0 saturated heterocycles. The third-order valence-electron chi connectivity index (χ3n) is 9.91. The van der Waals surface area contributed by atoms with Gasteiger partial charge in [0.25, 0.3) is 11.9 Å². The van der Waals surface area contributed by atoms with Crippen LogP contribution >= 0.6 is 0 Å². The van der Waals surface area contributed by atoms with E-state index in [2.05, 4.69) is 20.8 Å². The van der Waals surface area contributed by atoms with Crippen LogP contribution in [-0.2, 0) is 22.9 Å². The van der Waals surface area contributed by atoms with E-state index in [1.807, 2.05) is 0 Å². The molecule has 0 aromatic heterocycles. The summed E-state index contributed by atoms with van der Waals surface area (Å²) in [5, 5.41) is 0. The van der Waals surface area contributed by atoms with Crippen LogP contribution in [-0.4, -0.2) is 27.9 Å². The molecule has 0 radical (unpaired) electrons. The SMILES string of the molecule is CCCCCCCCCCCCCCCCCC(=O)O[Si](CCCCC)(OC)OC(=O)CCCCCCCCCCCCCCCCC. The average molecular weight is 697 g/mol. The van der Waals surface area contributed by atoms with E-state index in [4.69, 9.17) is 13.3 Å². The Kier molecular flexibility index (Phi) is 36.7. The van der Waals surface area contributed by atoms with Gasteiger partial charge in [-0.25, -0.2) is 0 Å². The van der Waals surface area contributed by atoms with Gasteiger partial charge in [-0.3, -0.25) is 9.59 Å². The lowest BCUT2D eigenvalue weighted by atomic mass is 10.0. The van der Waals surface area contributed by atoms with Crippen molar-refractivity contribution in [2.24, 2.45) is 0 Å². The largest absolute Gasteiger partial charge is 0.635 e. The van der Waals surface area contributed by atoms with Crippen molar-refractivity contribution in [3.63, 3.8) is 0 Å². The Morgan fingerprint density at radius 3 is 0.833 bits per heavy atom. The van der Waals surface area contributed by atoms with E-state index in [1.165, 1.54) is 167 Å². The molecule has 0 aliphatic heterocycles. The molecule has 0 fully saturated rings. The number of rotatable bonds is 39. The highest BCUT2D eigenvalue weighted by molar-refractivity contribution is 6.64. The van der Waals surface area contributed by atoms with Crippen molar-refractivity contribution in [2.45, 2.75) is 252 Å². The van der Waals surface area contributed by atoms with Crippen LogP contribution in [0.1, 0.15) is 245 Å². The smallest absolute Gasteiger partial charge is 0.464 e. The topological polar surface area (TPSA) is 61.8 Å². The predicted molar refractivity (Wildman–Crippen MR) is 208 cm³/mol. The fourth-order valence-electron chi connectivity index (χ4n) is 6.63. The molecule has 0 atom stereocenters. The number of carbonyl (C=O) groups is 2. The maximum atomic E-state index is 12.8. The van der Waals surface area contributed by atoms with Crippen molar-refractivity contribution in [3.8, 4) is 0 Å². The molecule has 0 heterocycles. The molecule has 0 saturated carbocycles. The van der Waals surface area contributed by atoms with Crippen molar-refractivity contribution < 1.29 is 22.9 Å². The van der Waals surface area contributed by atoms with E-state index in [-0.39, 0.29) is 11.9 Å². The molecule has 48 heavy (non-hydrogen) atoms. The van der Waals surface area contributed by atoms with E-state index in [0.717, 1.165) is 44.9 Å². The Bertz CT molecular complexity index is 637. The Balaban J connectivity index is 4.05. The summed E-state index contributed by atoms with van der Waals surface area (Å²) in [6.45, 7) is 6.70. The highest BCUT2D eigenvalue weighted by atomic mass is 28.4. The summed E-state index contributed by atoms with van der Waals surface area (Å²) in [4.78, 5) is 25.6. The van der Waals surface area contributed by atoms with Gasteiger partial charge in [0.1, 0.15) is 0 Å². The first kappa shape index (κ1) is 47.1. The molecule has 0 amide bonds. The van der Waals surface area contributed by atoms with Crippen LogP contribution in [0.25, 0.3) is 0 Å². The zero-order chi connectivity index (χ0) is 35.2. The van der Waals surface area contributed by atoms with Gasteiger partial charge in [0.05, 0.1) is 0 Å². The third kappa shape index (κ3) is 32.3. The van der Waals surface area contributed by atoms with Gasteiger partial charge < -0.3 is 13.3 Å². The Labute approximate surface area is 301 Å². The standard InChI is InChI=1S/C42H84O5Si/c1-5-8-11-13-15-17-19-21-23-25-27-29-31-33-35-38-41(43)46-48(45-4,40-37-10-7-3)47-42(44)39-36-34-32-30-28-26-24-22-20-18-16-14-12-9-6-2/h5-40H2,1-4H3. The summed E-state index contributed by atoms with van der Waals surface area (Å²) in [5.41, 5.74) is 0. The molecule has 6 heteroatoms. The molecular formula is C42H84O5Si. The maximum Gasteiger partial charge on any atom is 0.635 e. The molecule has 5 nitrogen and oxygen atoms in total. The van der Waals surface area contributed by atoms with Gasteiger partial charge >= 0.3 is 8.80 Å². The van der Waals surface area contributed by atoms with E-state index < -0.39 is 8.80 Å². The fourth-order valence-corrected chi connectivity index (χ4v) is 8.83. The molecule has 0 aliphatic rings. The lowest BCUT2D eigenvalue weighted by Gasteiger charge is -2.27. The number of carbonyl (C=O) groups excluding carboxylic acids is 2. The van der Waals surface area contributed by atoms with E-state index in [9.17, 15) is 9.59 Å². The molecule has 0 aromatic rings. The zero-order valence-electron chi connectivity index (χ0n) is 33.0. The second-order valence-corrected chi connectivity index (χ2v) is 17.4. The van der Waals surface area contributed by atoms with E-state index in [1.54, 1.807) is 7.11 Å². The highest BCUT2D eigenvalue weighted by Gasteiger charge is 2.47. The first-order valence-corrected chi connectivity index (χ1v) is 23.5. The van der Waals surface area contributed by atoms with Crippen LogP contribution in [0.3, 0.4) is 0 Å². The Hall–Kier alpha value is -0.883. The normalized spacial score (nSPS) is 11.7. The first-order valence-electron chi connectivity index (χ1n) is 21.5. The third-order valence-corrected chi connectivity index (χ3v) is 12.6. The summed E-state index contributed by atoms with van der Waals surface area (Å²) in [6, 6.07) is 0.520. The number of unbranched alkanes of at least 4 members (excludes halogenated alkanes) is 30. The summed E-state index contributed by atoms with van der Waals surface area (Å²) in [7, 11) is -1.81. The van der Waals surface area contributed by atoms with Crippen LogP contribution in [0.5, 0.6) is 0 Å².